The van der Waals surface area contributed by atoms with Crippen LogP contribution in [0, 0.1) is 0 Å². The molecular weight excluding hydrogens is 445 g/mol. The Morgan fingerprint density at radius 3 is 1.87 bits per heavy atom. The number of nitrogens with two attached hydrogens (primary N) is 1. The maximum atomic E-state index is 5.65. The van der Waals surface area contributed by atoms with Gasteiger partial charge in [-0.05, 0) is 35.4 Å². The summed E-state index contributed by atoms with van der Waals surface area (Å²) in [5, 5.41) is 11.7. The summed E-state index contributed by atoms with van der Waals surface area (Å²) in [5.74, 6) is 0.113. The number of nitrogens with one attached hydrogen (secondary N) is 1. The second-order valence-corrected chi connectivity index (χ2v) is 6.03. The summed E-state index contributed by atoms with van der Waals surface area (Å²) in [6.07, 6.45) is 3.26. The molecule has 2 aromatic rings. The first kappa shape index (κ1) is 19.3. The molecule has 120 valence electrons. The van der Waals surface area contributed by atoms with Gasteiger partial charge in [-0.1, -0.05) is 56.1 Å². The van der Waals surface area contributed by atoms with Crippen molar-refractivity contribution in [3.63, 3.8) is 0 Å². The Bertz CT molecular complexity index is 697. The third-order valence-corrected chi connectivity index (χ3v) is 3.56. The van der Waals surface area contributed by atoms with Crippen LogP contribution in [0.25, 0.3) is 0 Å². The fraction of sp³-hybridized carbons (Fsp3) is 0. The molecule has 0 bridgehead atoms. The summed E-state index contributed by atoms with van der Waals surface area (Å²) >= 11 is 6.74. The molecule has 3 N–H and O–H groups in total. The minimum atomic E-state index is 0. The van der Waals surface area contributed by atoms with E-state index in [1.54, 1.807) is 12.4 Å². The number of hydrogen-bond acceptors (Lipinski definition) is 3. The van der Waals surface area contributed by atoms with E-state index in [0.717, 1.165) is 20.1 Å². The second-order valence-electron chi connectivity index (χ2n) is 4.20. The molecule has 0 saturated heterocycles. The van der Waals surface area contributed by atoms with E-state index in [1.165, 1.54) is 0 Å². The number of benzene rings is 2. The maximum Gasteiger partial charge on any atom is 0.234 e. The van der Waals surface area contributed by atoms with Crippen molar-refractivity contribution >= 4 is 50.2 Å². The highest BCUT2D eigenvalue weighted by Crippen LogP contribution is 2.09. The quantitative estimate of drug-likeness (QED) is 0.398. The summed E-state index contributed by atoms with van der Waals surface area (Å²) in [6.45, 7) is 0. The maximum absolute atomic E-state index is 5.65. The van der Waals surface area contributed by atoms with Gasteiger partial charge < -0.3 is 18.1 Å². The first-order valence-electron chi connectivity index (χ1n) is 6.30. The lowest BCUT2D eigenvalue weighted by Gasteiger charge is -1.96. The lowest BCUT2D eigenvalue weighted by Crippen LogP contribution is -3.00. The monoisotopic (exact) mass is 456 g/mol. The molecule has 0 atom stereocenters. The van der Waals surface area contributed by atoms with Crippen molar-refractivity contribution in [1.82, 2.24) is 5.43 Å². The van der Waals surface area contributed by atoms with Crippen molar-refractivity contribution in [3.8, 4) is 0 Å². The summed E-state index contributed by atoms with van der Waals surface area (Å²) in [4.78, 5) is 0. The van der Waals surface area contributed by atoms with E-state index in [0.29, 0.717) is 0 Å². The Labute approximate surface area is 157 Å². The second kappa shape index (κ2) is 10.1. The molecule has 0 aliphatic heterocycles. The van der Waals surface area contributed by atoms with Crippen molar-refractivity contribution in [2.24, 2.45) is 21.0 Å². The van der Waals surface area contributed by atoms with Crippen LogP contribution in [-0.4, -0.2) is 18.4 Å². The van der Waals surface area contributed by atoms with Crippen molar-refractivity contribution in [2.75, 3.05) is 0 Å². The first-order chi connectivity index (χ1) is 10.6. The predicted molar refractivity (Wildman–Crippen MR) is 98.2 cm³/mol. The van der Waals surface area contributed by atoms with Gasteiger partial charge in [-0.2, -0.15) is 10.2 Å². The van der Waals surface area contributed by atoms with Crippen molar-refractivity contribution in [3.05, 3.63) is 68.6 Å². The average molecular weight is 459 g/mol. The van der Waals surface area contributed by atoms with Gasteiger partial charge in [0.1, 0.15) is 0 Å². The predicted octanol–water partition coefficient (Wildman–Crippen LogP) is 0.488. The molecule has 0 spiro atoms. The molecule has 0 heterocycles. The van der Waals surface area contributed by atoms with Gasteiger partial charge in [0.2, 0.25) is 5.96 Å². The van der Waals surface area contributed by atoms with Crippen LogP contribution in [0.3, 0.4) is 0 Å². The highest BCUT2D eigenvalue weighted by atomic mass is 79.9. The summed E-state index contributed by atoms with van der Waals surface area (Å²) in [7, 11) is 0. The molecule has 23 heavy (non-hydrogen) atoms. The van der Waals surface area contributed by atoms with Gasteiger partial charge >= 0.3 is 0 Å². The standard InChI is InChI=1S/C15H13Br2N5.ClH/c16-13-5-1-11(2-6-13)9-19-21-15(18)22-20-10-12-3-7-14(17)8-4-12;/h1-10H,(H3,18,21,22);1H/p-1. The minimum Gasteiger partial charge on any atom is -1.00 e. The first-order valence-corrected chi connectivity index (χ1v) is 7.89. The van der Waals surface area contributed by atoms with Crippen LogP contribution in [0.4, 0.5) is 0 Å². The van der Waals surface area contributed by atoms with Crippen LogP contribution in [0.15, 0.2) is 72.8 Å². The Morgan fingerprint density at radius 1 is 0.870 bits per heavy atom. The van der Waals surface area contributed by atoms with E-state index in [1.807, 2.05) is 48.5 Å². The molecule has 0 radical (unpaired) electrons. The van der Waals surface area contributed by atoms with E-state index in [4.69, 9.17) is 5.73 Å². The van der Waals surface area contributed by atoms with E-state index >= 15 is 0 Å². The smallest absolute Gasteiger partial charge is 0.234 e. The van der Waals surface area contributed by atoms with Crippen LogP contribution in [0.1, 0.15) is 11.1 Å². The molecule has 0 unspecified atom stereocenters. The molecule has 0 aliphatic rings. The molecule has 0 aliphatic carbocycles. The Kier molecular flexibility index (Phi) is 8.53. The van der Waals surface area contributed by atoms with E-state index in [2.05, 4.69) is 52.6 Å². The highest BCUT2D eigenvalue weighted by molar-refractivity contribution is 9.10. The van der Waals surface area contributed by atoms with Crippen LogP contribution >= 0.6 is 31.9 Å². The fourth-order valence-electron chi connectivity index (χ4n) is 1.45. The molecule has 2 rings (SSSR count). The Hall–Kier alpha value is -1.70. The topological polar surface area (TPSA) is 75.1 Å². The van der Waals surface area contributed by atoms with Gasteiger partial charge in [0.05, 0.1) is 12.4 Å². The number of halogens is 3. The Balaban J connectivity index is 0.00000264. The van der Waals surface area contributed by atoms with Crippen molar-refractivity contribution < 1.29 is 12.4 Å². The molecule has 8 heteroatoms. The molecule has 0 saturated carbocycles. The molecule has 2 aromatic carbocycles. The van der Waals surface area contributed by atoms with Gasteiger partial charge in [0.25, 0.3) is 0 Å². The van der Waals surface area contributed by atoms with Gasteiger partial charge in [-0.25, -0.2) is 5.43 Å². The van der Waals surface area contributed by atoms with Crippen LogP contribution in [0.2, 0.25) is 0 Å². The largest absolute Gasteiger partial charge is 1.00 e. The molecule has 0 aromatic heterocycles. The molecule has 0 fully saturated rings. The third-order valence-electron chi connectivity index (χ3n) is 2.51. The van der Waals surface area contributed by atoms with Crippen molar-refractivity contribution in [1.29, 1.82) is 0 Å². The van der Waals surface area contributed by atoms with Crippen LogP contribution in [0.5, 0.6) is 0 Å². The van der Waals surface area contributed by atoms with E-state index in [9.17, 15) is 0 Å². The molecule has 5 nitrogen and oxygen atoms in total. The van der Waals surface area contributed by atoms with E-state index < -0.39 is 0 Å². The average Bonchev–Trinajstić information content (AvgIpc) is 2.51. The number of nitrogens with zero attached hydrogens (tertiary/aromatic N) is 3. The SMILES string of the molecule is N/C(=N\N=Cc1ccc(Br)cc1)NN=Cc1ccc(Br)cc1.[Cl-]. The zero-order chi connectivity index (χ0) is 15.8. The number of hydrogen-bond donors (Lipinski definition) is 2. The zero-order valence-corrected chi connectivity index (χ0v) is 15.8. The van der Waals surface area contributed by atoms with Crippen LogP contribution < -0.4 is 23.6 Å². The third kappa shape index (κ3) is 7.40. The van der Waals surface area contributed by atoms with Gasteiger partial charge in [0, 0.05) is 8.95 Å². The zero-order valence-electron chi connectivity index (χ0n) is 11.8. The van der Waals surface area contributed by atoms with E-state index in [-0.39, 0.29) is 18.4 Å². The van der Waals surface area contributed by atoms with Crippen molar-refractivity contribution in [2.45, 2.75) is 0 Å². The lowest BCUT2D eigenvalue weighted by atomic mass is 10.2. The number of rotatable bonds is 4. The molecular formula is C15H13Br2ClN5-. The summed E-state index contributed by atoms with van der Waals surface area (Å²) in [5.41, 5.74) is 10.1. The van der Waals surface area contributed by atoms with Gasteiger partial charge in [0.15, 0.2) is 0 Å². The van der Waals surface area contributed by atoms with Gasteiger partial charge in [-0.15, -0.1) is 5.10 Å². The van der Waals surface area contributed by atoms with Gasteiger partial charge in [-0.3, -0.25) is 0 Å². The summed E-state index contributed by atoms with van der Waals surface area (Å²) < 4.78 is 2.03. The number of hydrazone groups is 1. The highest BCUT2D eigenvalue weighted by Gasteiger charge is 1.90. The Morgan fingerprint density at radius 2 is 1.35 bits per heavy atom. The fourth-order valence-corrected chi connectivity index (χ4v) is 1.98. The minimum absolute atomic E-state index is 0. The lowest BCUT2D eigenvalue weighted by molar-refractivity contribution is -0.00000434. The number of guanidine groups is 1. The summed E-state index contributed by atoms with van der Waals surface area (Å²) in [6, 6.07) is 15.4. The molecule has 0 amide bonds. The van der Waals surface area contributed by atoms with Crippen LogP contribution in [-0.2, 0) is 0 Å². The normalized spacial score (nSPS) is 11.7.